The van der Waals surface area contributed by atoms with Crippen LogP contribution >= 0.6 is 0 Å². The van der Waals surface area contributed by atoms with Crippen LogP contribution in [0.3, 0.4) is 0 Å². The van der Waals surface area contributed by atoms with Crippen molar-refractivity contribution in [3.8, 4) is 0 Å². The normalized spacial score (nSPS) is 11.6. The van der Waals surface area contributed by atoms with Crippen LogP contribution in [0.4, 0.5) is 43.9 Å². The molecule has 10 heteroatoms. The molecule has 0 radical (unpaired) electrons. The molecular weight excluding hydrogens is 887 g/mol. The molecule has 416 valence electrons. The number of aryl methyl sites for hydroxylation is 2. The molecule has 0 spiro atoms. The fraction of sp³-hybridized carbons (Fsp3) is 0.897. The minimum Gasteiger partial charge on any atom is -0.207 e. The molecule has 0 bridgehead atoms. The van der Waals surface area contributed by atoms with Crippen LogP contribution < -0.4 is 0 Å². The molecule has 0 aliphatic heterocycles. The maximum Gasteiger partial charge on any atom is 0.388 e. The van der Waals surface area contributed by atoms with Gasteiger partial charge in [-0.15, -0.1) is 0 Å². The molecule has 1 rings (SSSR count). The average Bonchev–Trinajstić information content (AvgIpc) is 3.21. The summed E-state index contributed by atoms with van der Waals surface area (Å²) in [4.78, 5) is 0. The number of hydrogen-bond donors (Lipinski definition) is 0. The van der Waals surface area contributed by atoms with Crippen molar-refractivity contribution in [2.45, 2.75) is 316 Å². The zero-order chi connectivity index (χ0) is 54.7. The van der Waals surface area contributed by atoms with Gasteiger partial charge in [-0.2, -0.15) is 26.3 Å². The predicted molar refractivity (Wildman–Crippen MR) is 283 cm³/mol. The summed E-state index contributed by atoms with van der Waals surface area (Å²) in [7, 11) is 0. The van der Waals surface area contributed by atoms with Crippen molar-refractivity contribution in [2.75, 3.05) is 0 Å². The Morgan fingerprint density at radius 2 is 0.750 bits per heavy atom. The maximum absolute atomic E-state index is 11.7. The molecule has 1 atom stereocenters. The second kappa shape index (κ2) is 54.8. The quantitative estimate of drug-likeness (QED) is 0.0641. The molecule has 0 nitrogen and oxygen atoms in total. The van der Waals surface area contributed by atoms with E-state index in [1.807, 2.05) is 0 Å². The molecular formula is C58H114F10. The first kappa shape index (κ1) is 80.6. The lowest BCUT2D eigenvalue weighted by Gasteiger charge is -2.14. The van der Waals surface area contributed by atoms with E-state index in [1.54, 1.807) is 0 Å². The number of rotatable bonds is 26. The van der Waals surface area contributed by atoms with Crippen molar-refractivity contribution in [1.82, 2.24) is 0 Å². The van der Waals surface area contributed by atoms with E-state index in [0.29, 0.717) is 13.8 Å². The number of unbranched alkanes of at least 4 members (excludes halogenated alkanes) is 9. The summed E-state index contributed by atoms with van der Waals surface area (Å²) in [6.45, 7) is 34.1. The lowest BCUT2D eigenvalue weighted by atomic mass is 9.96. The van der Waals surface area contributed by atoms with Gasteiger partial charge in [0.2, 0.25) is 0 Å². The van der Waals surface area contributed by atoms with E-state index >= 15 is 0 Å². The summed E-state index contributed by atoms with van der Waals surface area (Å²) < 4.78 is 110. The largest absolute Gasteiger partial charge is 0.388 e. The molecule has 0 amide bonds. The second-order valence-corrected chi connectivity index (χ2v) is 19.7. The Morgan fingerprint density at radius 3 is 1.00 bits per heavy atom. The van der Waals surface area contributed by atoms with Gasteiger partial charge < -0.3 is 0 Å². The highest BCUT2D eigenvalue weighted by molar-refractivity contribution is 5.22. The van der Waals surface area contributed by atoms with E-state index in [1.165, 1.54) is 159 Å². The van der Waals surface area contributed by atoms with Gasteiger partial charge in [-0.3, -0.25) is 0 Å². The Labute approximate surface area is 417 Å². The fourth-order valence-corrected chi connectivity index (χ4v) is 6.37. The minimum atomic E-state index is -4.00. The third-order valence-corrected chi connectivity index (χ3v) is 10.5. The van der Waals surface area contributed by atoms with Crippen molar-refractivity contribution in [3.05, 3.63) is 35.4 Å². The van der Waals surface area contributed by atoms with Crippen LogP contribution in [0.5, 0.6) is 0 Å². The van der Waals surface area contributed by atoms with Gasteiger partial charge in [-0.25, -0.2) is 17.6 Å². The summed E-state index contributed by atoms with van der Waals surface area (Å²) in [5, 5.41) is 0. The summed E-state index contributed by atoms with van der Waals surface area (Å²) in [5.41, 5.74) is 2.95. The predicted octanol–water partition coefficient (Wildman–Crippen LogP) is 24.3. The van der Waals surface area contributed by atoms with Crippen LogP contribution in [0.1, 0.15) is 290 Å². The lowest BCUT2D eigenvalue weighted by molar-refractivity contribution is -0.130. The lowest BCUT2D eigenvalue weighted by Crippen LogP contribution is -2.22. The smallest absolute Gasteiger partial charge is 0.207 e. The first-order valence-electron chi connectivity index (χ1n) is 27.3. The second-order valence-electron chi connectivity index (χ2n) is 19.7. The Hall–Kier alpha value is -1.48. The average molecular weight is 1000 g/mol. The van der Waals surface area contributed by atoms with E-state index in [2.05, 4.69) is 121 Å². The van der Waals surface area contributed by atoms with Gasteiger partial charge in [-0.1, -0.05) is 263 Å². The van der Waals surface area contributed by atoms with Crippen LogP contribution in [0, 0.1) is 23.7 Å². The molecule has 68 heavy (non-hydrogen) atoms. The molecule has 0 aromatic heterocycles. The fourth-order valence-electron chi connectivity index (χ4n) is 6.37. The standard InChI is InChI=1S/C14H22.C11H24.C9H20.C8H18.C6H14.C5H8F4.C3H5F3.C2H3F3/c1-3-5-6-7-8-14-11-9-13(4-2)10-12-14;1-5-7-11(4)9-6-8-10(2)3;1-4-7-8-9(5-2)6-3;1-3-5-7-8-6-4-2;1-4-5-6(2)3;1-4(6,7)3-5(2,8)9;1-2-3(4,5)6;1-2(3,4)5/h9-12H,3-8H2,1-2H3;10-11H,5-9H2,1-4H3;9H,4-8H2,1-3H3;3-8H2,1-2H3;6H,4-5H2,1-3H3;3H2,1-2H3;2H2,1H3;1H3. The third kappa shape index (κ3) is 102. The van der Waals surface area contributed by atoms with Gasteiger partial charge in [0.25, 0.3) is 11.8 Å². The highest BCUT2D eigenvalue weighted by Gasteiger charge is 2.35. The van der Waals surface area contributed by atoms with Crippen LogP contribution in [0.2, 0.25) is 0 Å². The van der Waals surface area contributed by atoms with E-state index in [0.717, 1.165) is 37.0 Å². The minimum absolute atomic E-state index is 0.188. The molecule has 1 aromatic rings. The number of benzene rings is 1. The molecule has 0 aliphatic rings. The van der Waals surface area contributed by atoms with E-state index in [4.69, 9.17) is 0 Å². The first-order valence-corrected chi connectivity index (χ1v) is 27.3. The van der Waals surface area contributed by atoms with Gasteiger partial charge in [0, 0.05) is 13.3 Å². The van der Waals surface area contributed by atoms with Crippen LogP contribution in [-0.2, 0) is 12.8 Å². The summed E-state index contributed by atoms with van der Waals surface area (Å²) in [6, 6.07) is 9.08. The molecule has 0 fully saturated rings. The Morgan fingerprint density at radius 1 is 0.397 bits per heavy atom. The molecule has 0 aliphatic carbocycles. The summed E-state index contributed by atoms with van der Waals surface area (Å²) >= 11 is 0. The Balaban J connectivity index is -0.000000128. The van der Waals surface area contributed by atoms with Crippen LogP contribution in [-0.4, -0.2) is 24.2 Å². The Kier molecular flexibility index (Phi) is 65.0. The van der Waals surface area contributed by atoms with Gasteiger partial charge in [0.15, 0.2) is 0 Å². The maximum atomic E-state index is 11.7. The van der Waals surface area contributed by atoms with Crippen molar-refractivity contribution in [3.63, 3.8) is 0 Å². The first-order chi connectivity index (χ1) is 31.3. The van der Waals surface area contributed by atoms with Gasteiger partial charge >= 0.3 is 12.4 Å². The van der Waals surface area contributed by atoms with Crippen molar-refractivity contribution >= 4 is 0 Å². The van der Waals surface area contributed by atoms with Crippen molar-refractivity contribution < 1.29 is 43.9 Å². The van der Waals surface area contributed by atoms with Crippen molar-refractivity contribution in [2.24, 2.45) is 23.7 Å². The summed E-state index contributed by atoms with van der Waals surface area (Å²) in [6.07, 6.45) is 23.0. The molecule has 0 N–H and O–H groups in total. The van der Waals surface area contributed by atoms with Gasteiger partial charge in [0.05, 0.1) is 6.42 Å². The van der Waals surface area contributed by atoms with E-state index in [9.17, 15) is 43.9 Å². The highest BCUT2D eigenvalue weighted by Crippen LogP contribution is 2.29. The molecule has 0 saturated carbocycles. The van der Waals surface area contributed by atoms with E-state index in [-0.39, 0.29) is 6.92 Å². The monoisotopic (exact) mass is 1000 g/mol. The van der Waals surface area contributed by atoms with E-state index < -0.39 is 37.0 Å². The molecule has 0 heterocycles. The van der Waals surface area contributed by atoms with Crippen molar-refractivity contribution in [1.29, 1.82) is 0 Å². The highest BCUT2D eigenvalue weighted by atomic mass is 19.4. The number of halogens is 10. The summed E-state index contributed by atoms with van der Waals surface area (Å²) in [5.74, 6) is -2.78. The Bertz CT molecular complexity index is 1010. The zero-order valence-corrected chi connectivity index (χ0v) is 47.8. The number of hydrogen-bond acceptors (Lipinski definition) is 0. The SMILES string of the molecule is CC(F)(F)CC(C)(F)F.CC(F)(F)F.CCC(F)(F)F.CCCC(C)C.CCCC(C)CCCC(C)C.CCCCC(CC)CC.CCCCCCCC.CCCCCCc1ccc(CC)cc1. The van der Waals surface area contributed by atoms with Gasteiger partial charge in [-0.05, 0) is 67.9 Å². The third-order valence-electron chi connectivity index (χ3n) is 10.5. The molecule has 1 unspecified atom stereocenters. The molecule has 1 aromatic carbocycles. The van der Waals surface area contributed by atoms with Gasteiger partial charge in [0.1, 0.15) is 0 Å². The zero-order valence-electron chi connectivity index (χ0n) is 47.8. The molecule has 0 saturated heterocycles. The number of alkyl halides is 10. The van der Waals surface area contributed by atoms with Crippen LogP contribution in [0.15, 0.2) is 24.3 Å². The topological polar surface area (TPSA) is 0 Å². The van der Waals surface area contributed by atoms with Crippen LogP contribution in [0.25, 0.3) is 0 Å².